The Hall–Kier alpha value is -0.760. The number of hydrogen-bond acceptors (Lipinski definition) is 6. The number of nitrogens with zero attached hydrogens (tertiary/aromatic N) is 1. The Morgan fingerprint density at radius 3 is 1.79 bits per heavy atom. The monoisotopic (exact) mass is 618 g/mol. The summed E-state index contributed by atoms with van der Waals surface area (Å²) in [6.45, 7) is 4.57. The maximum atomic E-state index is 12.7. The van der Waals surface area contributed by atoms with Gasteiger partial charge in [0.25, 0.3) is 7.82 Å². The number of nitrogens with one attached hydrogen (secondary N) is 1. The van der Waals surface area contributed by atoms with Crippen LogP contribution in [-0.2, 0) is 18.4 Å². The van der Waals surface area contributed by atoms with Crippen molar-refractivity contribution in [3.63, 3.8) is 0 Å². The molecule has 0 aliphatic rings. The summed E-state index contributed by atoms with van der Waals surface area (Å²) < 4.78 is 22.9. The smallest absolute Gasteiger partial charge is 0.268 e. The van der Waals surface area contributed by atoms with Crippen LogP contribution in [0.2, 0.25) is 0 Å². The molecule has 0 aromatic rings. The van der Waals surface area contributed by atoms with Crippen LogP contribution >= 0.6 is 7.82 Å². The molecule has 8 nitrogen and oxygen atoms in total. The number of likely N-dealkylation sites (N-methyl/N-ethyl adjacent to an activating group) is 1. The van der Waals surface area contributed by atoms with Crippen molar-refractivity contribution in [1.29, 1.82) is 0 Å². The van der Waals surface area contributed by atoms with Gasteiger partial charge >= 0.3 is 0 Å². The van der Waals surface area contributed by atoms with Crippen LogP contribution < -0.4 is 10.2 Å². The third kappa shape index (κ3) is 28.0. The second-order valence-electron chi connectivity index (χ2n) is 12.9. The van der Waals surface area contributed by atoms with Gasteiger partial charge < -0.3 is 28.8 Å². The largest absolute Gasteiger partial charge is 0.756 e. The molecule has 250 valence electrons. The van der Waals surface area contributed by atoms with Gasteiger partial charge in [0.2, 0.25) is 5.91 Å². The highest BCUT2D eigenvalue weighted by molar-refractivity contribution is 7.45. The lowest BCUT2D eigenvalue weighted by molar-refractivity contribution is -0.870. The number of quaternary nitrogens is 1. The Morgan fingerprint density at radius 2 is 1.29 bits per heavy atom. The number of unbranched alkanes of at least 4 members (excludes halogenated alkanes) is 17. The zero-order valence-electron chi connectivity index (χ0n) is 28.0. The molecule has 0 spiro atoms. The molecule has 9 heteroatoms. The average Bonchev–Trinajstić information content (AvgIpc) is 2.92. The Morgan fingerprint density at radius 1 is 0.810 bits per heavy atom. The molecule has 42 heavy (non-hydrogen) atoms. The van der Waals surface area contributed by atoms with Crippen molar-refractivity contribution in [1.82, 2.24) is 5.32 Å². The molecule has 0 radical (unpaired) electrons. The van der Waals surface area contributed by atoms with Crippen molar-refractivity contribution in [2.24, 2.45) is 0 Å². The van der Waals surface area contributed by atoms with E-state index in [2.05, 4.69) is 19.2 Å². The third-order valence-corrected chi connectivity index (χ3v) is 8.46. The van der Waals surface area contributed by atoms with Gasteiger partial charge in [-0.1, -0.05) is 129 Å². The van der Waals surface area contributed by atoms with E-state index in [1.807, 2.05) is 27.2 Å². The molecule has 0 aliphatic carbocycles. The molecule has 0 saturated heterocycles. The number of carbonyl (C=O) groups is 1. The minimum atomic E-state index is -4.56. The molecule has 1 amide bonds. The maximum Gasteiger partial charge on any atom is 0.268 e. The fourth-order valence-electron chi connectivity index (χ4n) is 4.68. The van der Waals surface area contributed by atoms with E-state index in [1.54, 1.807) is 6.08 Å². The first-order valence-electron chi connectivity index (χ1n) is 17.1. The summed E-state index contributed by atoms with van der Waals surface area (Å²) in [6, 6.07) is -0.875. The highest BCUT2D eigenvalue weighted by Crippen LogP contribution is 2.38. The van der Waals surface area contributed by atoms with Crippen LogP contribution in [0.25, 0.3) is 0 Å². The second-order valence-corrected chi connectivity index (χ2v) is 14.3. The molecule has 0 fully saturated rings. The minimum absolute atomic E-state index is 0.000967. The number of rotatable bonds is 30. The van der Waals surface area contributed by atoms with E-state index in [9.17, 15) is 19.4 Å². The van der Waals surface area contributed by atoms with Gasteiger partial charge in [-0.15, -0.1) is 0 Å². The van der Waals surface area contributed by atoms with Gasteiger partial charge in [0, 0.05) is 6.42 Å². The predicted octanol–water partition coefficient (Wildman–Crippen LogP) is 7.44. The Kier molecular flexibility index (Phi) is 26.1. The van der Waals surface area contributed by atoms with Crippen molar-refractivity contribution >= 4 is 13.7 Å². The fourth-order valence-corrected chi connectivity index (χ4v) is 5.40. The van der Waals surface area contributed by atoms with Crippen molar-refractivity contribution in [2.75, 3.05) is 40.9 Å². The minimum Gasteiger partial charge on any atom is -0.756 e. The van der Waals surface area contributed by atoms with Crippen LogP contribution in [0.3, 0.4) is 0 Å². The number of amides is 1. The zero-order valence-corrected chi connectivity index (χ0v) is 28.9. The Bertz CT molecular complexity index is 713. The standard InChI is InChI=1S/C33H67N2O6P/c1-6-8-10-12-14-16-17-18-19-21-23-25-27-33(37)34-31(30-41-42(38,39)40-29-28-35(3,4)5)32(36)26-24-22-20-15-13-11-9-7-2/h24,26,31-32,36H,6-23,25,27-30H2,1-5H3,(H-,34,37,38,39)/b26-24+. The second kappa shape index (κ2) is 26.6. The maximum absolute atomic E-state index is 12.7. The lowest BCUT2D eigenvalue weighted by Crippen LogP contribution is -2.45. The number of aliphatic hydroxyl groups is 1. The molecule has 0 aromatic carbocycles. The average molecular weight is 619 g/mol. The van der Waals surface area contributed by atoms with E-state index in [0.29, 0.717) is 17.4 Å². The molecule has 3 unspecified atom stereocenters. The van der Waals surface area contributed by atoms with Gasteiger partial charge in [0.05, 0.1) is 39.9 Å². The van der Waals surface area contributed by atoms with Crippen LogP contribution in [0.15, 0.2) is 12.2 Å². The number of hydrogen-bond donors (Lipinski definition) is 2. The summed E-state index contributed by atoms with van der Waals surface area (Å²) in [7, 11) is 1.26. The number of phosphoric ester groups is 1. The van der Waals surface area contributed by atoms with Gasteiger partial charge in [-0.25, -0.2) is 0 Å². The molecule has 0 saturated carbocycles. The van der Waals surface area contributed by atoms with Crippen LogP contribution in [0.5, 0.6) is 0 Å². The first-order chi connectivity index (χ1) is 20.0. The van der Waals surface area contributed by atoms with Gasteiger partial charge in [-0.3, -0.25) is 9.36 Å². The predicted molar refractivity (Wildman–Crippen MR) is 173 cm³/mol. The summed E-state index contributed by atoms with van der Waals surface area (Å²) in [5.74, 6) is -0.203. The summed E-state index contributed by atoms with van der Waals surface area (Å²) in [5, 5.41) is 13.6. The quantitative estimate of drug-likeness (QED) is 0.0375. The Labute approximate surface area is 259 Å². The van der Waals surface area contributed by atoms with E-state index in [4.69, 9.17) is 9.05 Å². The summed E-state index contributed by atoms with van der Waals surface area (Å²) >= 11 is 0. The highest BCUT2D eigenvalue weighted by atomic mass is 31.2. The van der Waals surface area contributed by atoms with Crippen LogP contribution in [0, 0.1) is 0 Å². The van der Waals surface area contributed by atoms with Gasteiger partial charge in [-0.05, 0) is 19.3 Å². The molecule has 0 bridgehead atoms. The zero-order chi connectivity index (χ0) is 31.5. The number of phosphoric acid groups is 1. The molecule has 2 N–H and O–H groups in total. The van der Waals surface area contributed by atoms with Crippen molar-refractivity contribution in [3.8, 4) is 0 Å². The van der Waals surface area contributed by atoms with E-state index in [-0.39, 0.29) is 19.1 Å². The summed E-state index contributed by atoms with van der Waals surface area (Å²) in [4.78, 5) is 25.0. The van der Waals surface area contributed by atoms with Crippen LogP contribution in [0.1, 0.15) is 142 Å². The number of aliphatic hydroxyl groups excluding tert-OH is 1. The SMILES string of the molecule is CCCCCCCC/C=C/C(O)C(COP(=O)([O-])OCC[N+](C)(C)C)NC(=O)CCCCCCCCCCCCCC. The molecule has 3 atom stereocenters. The fraction of sp³-hybridized carbons (Fsp3) is 0.909. The van der Waals surface area contributed by atoms with Crippen LogP contribution in [-0.4, -0.2) is 68.5 Å². The number of allylic oxidation sites excluding steroid dienone is 1. The van der Waals surface area contributed by atoms with Gasteiger partial charge in [0.1, 0.15) is 13.2 Å². The molecule has 0 heterocycles. The molecule has 0 aromatic heterocycles. The lowest BCUT2D eigenvalue weighted by Gasteiger charge is -2.29. The van der Waals surface area contributed by atoms with E-state index in [0.717, 1.165) is 38.5 Å². The Balaban J connectivity index is 4.56. The van der Waals surface area contributed by atoms with Crippen molar-refractivity contribution < 1.29 is 32.9 Å². The van der Waals surface area contributed by atoms with E-state index in [1.165, 1.54) is 83.5 Å². The molecular formula is C33H67N2O6P. The lowest BCUT2D eigenvalue weighted by atomic mass is 10.0. The van der Waals surface area contributed by atoms with E-state index >= 15 is 0 Å². The summed E-state index contributed by atoms with van der Waals surface area (Å²) in [6.07, 6.45) is 25.4. The first-order valence-corrected chi connectivity index (χ1v) is 18.5. The van der Waals surface area contributed by atoms with Crippen LogP contribution in [0.4, 0.5) is 0 Å². The number of carbonyl (C=O) groups excluding carboxylic acids is 1. The first kappa shape index (κ1) is 41.2. The van der Waals surface area contributed by atoms with Crippen molar-refractivity contribution in [3.05, 3.63) is 12.2 Å². The summed E-state index contributed by atoms with van der Waals surface area (Å²) in [5.41, 5.74) is 0. The normalized spacial score (nSPS) is 15.1. The van der Waals surface area contributed by atoms with Gasteiger partial charge in [0.15, 0.2) is 0 Å². The van der Waals surface area contributed by atoms with Gasteiger partial charge in [-0.2, -0.15) is 0 Å². The topological polar surface area (TPSA) is 108 Å². The van der Waals surface area contributed by atoms with E-state index < -0.39 is 20.0 Å². The third-order valence-electron chi connectivity index (χ3n) is 7.50. The van der Waals surface area contributed by atoms with Crippen molar-refractivity contribution in [2.45, 2.75) is 154 Å². The molecular weight excluding hydrogens is 551 g/mol. The molecule has 0 aliphatic heterocycles. The highest BCUT2D eigenvalue weighted by Gasteiger charge is 2.23. The molecule has 0 rings (SSSR count).